The van der Waals surface area contributed by atoms with Crippen LogP contribution in [0.5, 0.6) is 0 Å². The number of fused-ring (bicyclic) bond motifs is 2. The summed E-state index contributed by atoms with van der Waals surface area (Å²) in [6, 6.07) is -1.29. The van der Waals surface area contributed by atoms with Crippen molar-refractivity contribution >= 4 is 59.3 Å². The Morgan fingerprint density at radius 1 is 0.584 bits per heavy atom. The molecule has 2 N–H and O–H groups in total. The molecule has 0 aromatic carbocycles. The Bertz CT molecular complexity index is 2110. The number of methoxy groups -OCH3 is 4. The number of hydrogen-bond donors (Lipinski definition) is 2. The van der Waals surface area contributed by atoms with Crippen LogP contribution in [0.4, 0.5) is 53.5 Å². The minimum Gasteiger partial charge on any atom is -0.468 e. The fraction of sp³-hybridized carbons (Fsp3) is 0.872. The van der Waals surface area contributed by atoms with Gasteiger partial charge in [0.1, 0.15) is 28.3 Å². The maximum absolute atomic E-state index is 13.8. The van der Waals surface area contributed by atoms with Crippen molar-refractivity contribution in [3.05, 3.63) is 0 Å². The van der Waals surface area contributed by atoms with E-state index in [1.165, 1.54) is 19.1 Å². The third kappa shape index (κ3) is 16.8. The lowest BCUT2D eigenvalue weighted by Gasteiger charge is -2.46. The number of halogens is 12. The zero-order valence-electron chi connectivity index (χ0n) is 44.7. The van der Waals surface area contributed by atoms with Crippen LogP contribution in [-0.2, 0) is 47.6 Å². The van der Waals surface area contributed by atoms with Gasteiger partial charge in [0.25, 0.3) is 29.6 Å². The SMILES string of the molecule is COC(=O)C1(CCCl)CC(F)(F)CN1.COC(=O)C1(CCCl)CC(F)(F)CN1C(=O)OC(C)(C)C.COC(=O)C12CCN1CC(F)(F)C2.COC(=O)[C@@H]1CC(F)(F)CN1C(=O)OC(C)(C)C.OCC12CCN1CC(F)(F)C2. The molecule has 7 aliphatic rings. The molecule has 2 amide bonds. The smallest absolute Gasteiger partial charge is 0.411 e. The Hall–Kier alpha value is -3.86. The lowest BCUT2D eigenvalue weighted by atomic mass is 9.85. The molecular weight excluding hydrogens is 1100 g/mol. The number of alkyl halides is 12. The Kier molecular flexibility index (Phi) is 21.8. The van der Waals surface area contributed by atoms with Crippen LogP contribution in [-0.4, -0.2) is 222 Å². The molecule has 0 aromatic heterocycles. The van der Waals surface area contributed by atoms with E-state index in [1.54, 1.807) is 46.4 Å². The number of likely N-dealkylation sites (tertiary alicyclic amines) is 2. The van der Waals surface area contributed by atoms with Crippen LogP contribution in [0.1, 0.15) is 99.3 Å². The van der Waals surface area contributed by atoms with Gasteiger partial charge in [0.15, 0.2) is 5.54 Å². The highest BCUT2D eigenvalue weighted by Gasteiger charge is 2.65. The predicted octanol–water partition coefficient (Wildman–Crippen LogP) is 6.87. The minimum absolute atomic E-state index is 0.0650. The van der Waals surface area contributed by atoms with E-state index in [1.807, 2.05) is 0 Å². The van der Waals surface area contributed by atoms with Crippen molar-refractivity contribution in [2.45, 2.75) is 168 Å². The summed E-state index contributed by atoms with van der Waals surface area (Å²) in [7, 11) is 4.59. The number of rotatable bonds is 9. The van der Waals surface area contributed by atoms with Gasteiger partial charge >= 0.3 is 36.1 Å². The minimum atomic E-state index is -3.20. The number of carbonyl (C=O) groups is 6. The average Bonchev–Trinajstić information content (AvgIpc) is 4.01. The first kappa shape index (κ1) is 67.4. The number of amides is 2. The van der Waals surface area contributed by atoms with Gasteiger partial charge in [-0.3, -0.25) is 34.5 Å². The molecule has 18 nitrogen and oxygen atoms in total. The van der Waals surface area contributed by atoms with Gasteiger partial charge in [-0.1, -0.05) is 0 Å². The number of carbonyl (C=O) groups excluding carboxylic acids is 6. The number of esters is 4. The molecule has 7 aliphatic heterocycles. The summed E-state index contributed by atoms with van der Waals surface area (Å²) in [4.78, 5) is 74.6. The molecule has 0 saturated carbocycles. The summed E-state index contributed by atoms with van der Waals surface area (Å²) >= 11 is 11.1. The molecule has 30 heteroatoms. The van der Waals surface area contributed by atoms with Crippen LogP contribution in [0.15, 0.2) is 0 Å². The van der Waals surface area contributed by atoms with E-state index in [4.69, 9.17) is 37.8 Å². The summed E-state index contributed by atoms with van der Waals surface area (Å²) in [5.74, 6) is -17.4. The van der Waals surface area contributed by atoms with E-state index in [2.05, 4.69) is 24.3 Å². The first-order chi connectivity index (χ1) is 35.1. The molecule has 7 saturated heterocycles. The number of nitrogens with zero attached hydrogens (tertiary/aromatic N) is 4. The van der Waals surface area contributed by atoms with Crippen LogP contribution in [0.2, 0.25) is 0 Å². The van der Waals surface area contributed by atoms with Crippen molar-refractivity contribution in [2.75, 3.05) is 92.6 Å². The molecule has 5 atom stereocenters. The van der Waals surface area contributed by atoms with Crippen LogP contribution in [0, 0.1) is 0 Å². The summed E-state index contributed by atoms with van der Waals surface area (Å²) in [5, 5.41) is 11.4. The monoisotopic (exact) mass is 1170 g/mol. The van der Waals surface area contributed by atoms with Crippen molar-refractivity contribution in [1.29, 1.82) is 0 Å². The zero-order chi connectivity index (χ0) is 59.2. The number of hydrogen-bond acceptors (Lipinski definition) is 16. The maximum Gasteiger partial charge on any atom is 0.411 e. The van der Waals surface area contributed by atoms with Gasteiger partial charge in [-0.15, -0.1) is 23.2 Å². The Morgan fingerprint density at radius 3 is 1.48 bits per heavy atom. The molecule has 7 heterocycles. The Balaban J connectivity index is 0.000000257. The van der Waals surface area contributed by atoms with E-state index in [0.29, 0.717) is 13.0 Å². The second-order valence-electron chi connectivity index (χ2n) is 22.0. The lowest BCUT2D eigenvalue weighted by molar-refractivity contribution is -0.161. The fourth-order valence-electron chi connectivity index (χ4n) is 10.0. The number of aliphatic hydroxyl groups excluding tert-OH is 1. The normalized spacial score (nSPS) is 29.7. The van der Waals surface area contributed by atoms with Gasteiger partial charge < -0.3 is 33.5 Å². The molecule has 0 bridgehead atoms. The molecule has 0 aliphatic carbocycles. The van der Waals surface area contributed by atoms with E-state index in [-0.39, 0.29) is 57.1 Å². The number of aliphatic hydroxyl groups is 1. The molecule has 77 heavy (non-hydrogen) atoms. The lowest BCUT2D eigenvalue weighted by Crippen LogP contribution is -2.61. The van der Waals surface area contributed by atoms with E-state index in [0.717, 1.165) is 37.0 Å². The van der Waals surface area contributed by atoms with E-state index >= 15 is 0 Å². The molecular formula is C47H71Cl2F10N5O13. The molecule has 7 rings (SSSR count). The third-order valence-corrected chi connectivity index (χ3v) is 14.0. The van der Waals surface area contributed by atoms with Gasteiger partial charge in [-0.2, -0.15) is 0 Å². The summed E-state index contributed by atoms with van der Waals surface area (Å²) in [6.07, 6.45) is -3.31. The summed E-state index contributed by atoms with van der Waals surface area (Å²) in [6.45, 7) is 8.17. The first-order valence-corrected chi connectivity index (χ1v) is 25.3. The Labute approximate surface area is 450 Å². The zero-order valence-corrected chi connectivity index (χ0v) is 46.2. The Morgan fingerprint density at radius 2 is 1.09 bits per heavy atom. The molecule has 4 unspecified atom stereocenters. The highest BCUT2D eigenvalue weighted by atomic mass is 35.5. The van der Waals surface area contributed by atoms with Crippen molar-refractivity contribution in [1.82, 2.24) is 24.9 Å². The first-order valence-electron chi connectivity index (χ1n) is 24.3. The molecule has 0 radical (unpaired) electrons. The summed E-state index contributed by atoms with van der Waals surface area (Å²) < 4.78 is 160. The molecule has 0 spiro atoms. The topological polar surface area (TPSA) is 203 Å². The predicted molar refractivity (Wildman–Crippen MR) is 255 cm³/mol. The largest absolute Gasteiger partial charge is 0.468 e. The standard InChI is InChI=1S/C13H20ClF2NO4.C11H17F2NO4.C8H12ClF2NO2.C8H11F2NO2.C7H11F2NO/c1-11(2,3)21-10(19)17-8-13(15,16)7-12(17,5-6-14)9(18)20-4;1-10(2,3)18-9(16)14-6-11(12,13)5-7(14)8(15)17-4;1-14-6(13)7(2-3-9)4-8(10,11)5-12-7;1-13-6(12)7-2-3-11(7)5-8(9,10)4-7;8-7(9)3-6(5-11)1-2-10(6)4-7/h5-8H2,1-4H3;7H,5-6H2,1-4H3;12H,2-5H2,1H3;2-5H2,1H3;11H,1-5H2/t;7-;;;/m.0.../s1. The average molecular weight is 1170 g/mol. The molecule has 446 valence electrons. The van der Waals surface area contributed by atoms with E-state index in [9.17, 15) is 72.7 Å². The van der Waals surface area contributed by atoms with Crippen LogP contribution in [0.25, 0.3) is 0 Å². The van der Waals surface area contributed by atoms with Crippen LogP contribution >= 0.6 is 23.2 Å². The fourth-order valence-corrected chi connectivity index (χ4v) is 10.6. The van der Waals surface area contributed by atoms with Crippen molar-refractivity contribution in [3.63, 3.8) is 0 Å². The highest BCUT2D eigenvalue weighted by molar-refractivity contribution is 6.18. The van der Waals surface area contributed by atoms with Crippen molar-refractivity contribution < 1.29 is 106 Å². The van der Waals surface area contributed by atoms with E-state index < -0.39 is 144 Å². The second kappa shape index (κ2) is 24.9. The third-order valence-electron chi connectivity index (χ3n) is 13.6. The van der Waals surface area contributed by atoms with Gasteiger partial charge in [0.2, 0.25) is 0 Å². The maximum atomic E-state index is 13.8. The van der Waals surface area contributed by atoms with Crippen molar-refractivity contribution in [3.8, 4) is 0 Å². The highest BCUT2D eigenvalue weighted by Crippen LogP contribution is 2.49. The second-order valence-corrected chi connectivity index (χ2v) is 22.7. The van der Waals surface area contributed by atoms with Crippen molar-refractivity contribution in [2.24, 2.45) is 0 Å². The van der Waals surface area contributed by atoms with Crippen LogP contribution < -0.4 is 5.32 Å². The van der Waals surface area contributed by atoms with Gasteiger partial charge in [-0.25, -0.2) is 63.1 Å². The summed E-state index contributed by atoms with van der Waals surface area (Å²) in [5.41, 5.74) is -6.32. The molecule has 7 fully saturated rings. The quantitative estimate of drug-likeness (QED) is 0.105. The number of nitrogens with one attached hydrogen (secondary N) is 1. The van der Waals surface area contributed by atoms with Crippen LogP contribution in [0.3, 0.4) is 0 Å². The van der Waals surface area contributed by atoms with Gasteiger partial charge in [-0.05, 0) is 67.2 Å². The van der Waals surface area contributed by atoms with Gasteiger partial charge in [0.05, 0.1) is 73.3 Å². The van der Waals surface area contributed by atoms with Gasteiger partial charge in [0, 0.05) is 57.0 Å². The molecule has 0 aromatic rings. The number of ether oxygens (including phenoxy) is 6.